The third-order valence-electron chi connectivity index (χ3n) is 3.30. The van der Waals surface area contributed by atoms with Gasteiger partial charge in [0.05, 0.1) is 25.4 Å². The molecule has 0 amide bonds. The largest absolute Gasteiger partial charge is 0.394 e. The standard InChI is InChI=1S/C10H16B3O6P/c11-9-1-5(7(3-14)16-9)18-20(13)19-6-2-10(12)17-8(6)4-15/h5-10,14-15H,1-4H2/t5-,6-,7+,8+,9+,10+/m0/s1. The normalized spacial score (nSPS) is 41.5. The molecule has 0 aromatic carbocycles. The summed E-state index contributed by atoms with van der Waals surface area (Å²) in [5.41, 5.74) is 0. The van der Waals surface area contributed by atoms with Crippen LogP contribution in [0.4, 0.5) is 0 Å². The molecule has 2 heterocycles. The van der Waals surface area contributed by atoms with Crippen molar-refractivity contribution in [3.63, 3.8) is 0 Å². The van der Waals surface area contributed by atoms with Gasteiger partial charge in [0.1, 0.15) is 36.2 Å². The maximum atomic E-state index is 9.16. The topological polar surface area (TPSA) is 77.4 Å². The van der Waals surface area contributed by atoms with Crippen LogP contribution in [0.25, 0.3) is 0 Å². The maximum absolute atomic E-state index is 9.16. The average molecular weight is 296 g/mol. The highest BCUT2D eigenvalue weighted by Gasteiger charge is 2.37. The lowest BCUT2D eigenvalue weighted by Gasteiger charge is -2.26. The lowest BCUT2D eigenvalue weighted by molar-refractivity contribution is -0.00898. The Hall–Kier alpha value is 0.385. The number of ether oxygens (including phenoxy) is 2. The molecule has 2 aliphatic heterocycles. The van der Waals surface area contributed by atoms with Crippen LogP contribution < -0.4 is 0 Å². The molecule has 2 aliphatic rings. The van der Waals surface area contributed by atoms with E-state index in [0.717, 1.165) is 0 Å². The van der Waals surface area contributed by atoms with Gasteiger partial charge in [-0.3, -0.25) is 0 Å². The van der Waals surface area contributed by atoms with Crippen LogP contribution >= 0.6 is 8.25 Å². The highest BCUT2D eigenvalue weighted by Crippen LogP contribution is 2.42. The summed E-state index contributed by atoms with van der Waals surface area (Å²) >= 11 is 0. The Bertz CT molecular complexity index is 287. The monoisotopic (exact) mass is 296 g/mol. The minimum atomic E-state index is -1.70. The van der Waals surface area contributed by atoms with Crippen LogP contribution in [0.3, 0.4) is 0 Å². The summed E-state index contributed by atoms with van der Waals surface area (Å²) in [5, 5.41) is 18.3. The van der Waals surface area contributed by atoms with E-state index in [1.54, 1.807) is 0 Å². The molecule has 0 aromatic heterocycles. The fourth-order valence-electron chi connectivity index (χ4n) is 2.33. The smallest absolute Gasteiger partial charge is 0.189 e. The van der Waals surface area contributed by atoms with Crippen LogP contribution in [0.2, 0.25) is 0 Å². The Kier molecular flexibility index (Phi) is 6.36. The predicted octanol–water partition coefficient (Wildman–Crippen LogP) is -1.30. The molecular weight excluding hydrogens is 280 g/mol. The van der Waals surface area contributed by atoms with E-state index >= 15 is 0 Å². The van der Waals surface area contributed by atoms with Crippen molar-refractivity contribution >= 4 is 31.5 Å². The second-order valence-electron chi connectivity index (χ2n) is 4.84. The molecule has 2 saturated heterocycles. The molecule has 0 aromatic rings. The Labute approximate surface area is 123 Å². The van der Waals surface area contributed by atoms with Crippen molar-refractivity contribution in [3.8, 4) is 0 Å². The highest BCUT2D eigenvalue weighted by atomic mass is 31.2. The van der Waals surface area contributed by atoms with Crippen molar-refractivity contribution in [1.82, 2.24) is 0 Å². The van der Waals surface area contributed by atoms with Gasteiger partial charge in [0.25, 0.3) is 0 Å². The molecule has 6 atom stereocenters. The van der Waals surface area contributed by atoms with Gasteiger partial charge < -0.3 is 28.7 Å². The van der Waals surface area contributed by atoms with E-state index in [-0.39, 0.29) is 13.2 Å². The minimum Gasteiger partial charge on any atom is -0.394 e. The number of hydrogen-bond acceptors (Lipinski definition) is 6. The summed E-state index contributed by atoms with van der Waals surface area (Å²) in [5.74, 6) is 0. The van der Waals surface area contributed by atoms with Crippen molar-refractivity contribution in [2.24, 2.45) is 0 Å². The van der Waals surface area contributed by atoms with E-state index in [1.807, 2.05) is 0 Å². The molecule has 0 spiro atoms. The van der Waals surface area contributed by atoms with E-state index in [0.29, 0.717) is 12.8 Å². The number of rotatable bonds is 6. The van der Waals surface area contributed by atoms with E-state index < -0.39 is 44.7 Å². The second-order valence-corrected chi connectivity index (χ2v) is 5.83. The van der Waals surface area contributed by atoms with Gasteiger partial charge in [-0.1, -0.05) is 0 Å². The molecule has 2 fully saturated rings. The molecule has 0 bridgehead atoms. The number of hydrogen-bond donors (Lipinski definition) is 2. The lowest BCUT2D eigenvalue weighted by Crippen LogP contribution is -2.29. The van der Waals surface area contributed by atoms with E-state index in [1.165, 1.54) is 0 Å². The van der Waals surface area contributed by atoms with Crippen LogP contribution in [0, 0.1) is 0 Å². The summed E-state index contributed by atoms with van der Waals surface area (Å²) in [6, 6.07) is -0.956. The summed E-state index contributed by atoms with van der Waals surface area (Å²) in [4.78, 5) is 0. The SMILES string of the molecule is [B][C@H]1C[C@H](OP([B])O[C@H]2C[C@H]([B])O[C@@H]2CO)[C@@H](CO)O1. The third kappa shape index (κ3) is 4.20. The zero-order valence-corrected chi connectivity index (χ0v) is 11.9. The quantitative estimate of drug-likeness (QED) is 0.469. The molecule has 10 heteroatoms. The summed E-state index contributed by atoms with van der Waals surface area (Å²) < 4.78 is 21.6. The van der Waals surface area contributed by atoms with Crippen molar-refractivity contribution in [2.45, 2.75) is 49.3 Å². The number of aliphatic hydroxyl groups excluding tert-OH is 2. The maximum Gasteiger partial charge on any atom is 0.189 e. The van der Waals surface area contributed by atoms with E-state index in [9.17, 15) is 0 Å². The summed E-state index contributed by atoms with van der Waals surface area (Å²) in [6.07, 6.45) is -0.941. The Morgan fingerprint density at radius 1 is 0.950 bits per heavy atom. The van der Waals surface area contributed by atoms with Crippen LogP contribution in [0.15, 0.2) is 0 Å². The Morgan fingerprint density at radius 2 is 1.35 bits per heavy atom. The first kappa shape index (κ1) is 16.8. The van der Waals surface area contributed by atoms with Gasteiger partial charge in [0, 0.05) is 12.0 Å². The fraction of sp³-hybridized carbons (Fsp3) is 1.00. The zero-order valence-electron chi connectivity index (χ0n) is 11.0. The van der Waals surface area contributed by atoms with Gasteiger partial charge >= 0.3 is 0 Å². The summed E-state index contributed by atoms with van der Waals surface area (Å²) in [7, 11) is 15.4. The lowest BCUT2D eigenvalue weighted by atomic mass is 9.96. The first-order valence-corrected chi connectivity index (χ1v) is 7.70. The first-order valence-electron chi connectivity index (χ1n) is 6.45. The Morgan fingerprint density at radius 3 is 1.70 bits per heavy atom. The van der Waals surface area contributed by atoms with Crippen LogP contribution in [0.1, 0.15) is 12.8 Å². The summed E-state index contributed by atoms with van der Waals surface area (Å²) in [6.45, 7) is -0.392. The average Bonchev–Trinajstić information content (AvgIpc) is 2.91. The molecular formula is C10H16B3O6P. The van der Waals surface area contributed by atoms with Crippen LogP contribution in [-0.2, 0) is 18.5 Å². The van der Waals surface area contributed by atoms with Gasteiger partial charge in [0.15, 0.2) is 7.57 Å². The molecule has 0 saturated carbocycles. The third-order valence-corrected chi connectivity index (χ3v) is 4.25. The van der Waals surface area contributed by atoms with E-state index in [4.69, 9.17) is 52.0 Å². The molecule has 106 valence electrons. The number of aliphatic hydroxyl groups is 2. The molecule has 6 nitrogen and oxygen atoms in total. The first-order chi connectivity index (χ1) is 9.53. The fourth-order valence-corrected chi connectivity index (χ4v) is 3.36. The molecule has 0 aliphatic carbocycles. The van der Waals surface area contributed by atoms with Crippen LogP contribution in [0.5, 0.6) is 0 Å². The van der Waals surface area contributed by atoms with Gasteiger partial charge in [0.2, 0.25) is 0 Å². The van der Waals surface area contributed by atoms with Gasteiger partial charge in [-0.2, -0.15) is 0 Å². The highest BCUT2D eigenvalue weighted by molar-refractivity contribution is 7.74. The van der Waals surface area contributed by atoms with Gasteiger partial charge in [-0.25, -0.2) is 0 Å². The molecule has 6 radical (unpaired) electrons. The zero-order chi connectivity index (χ0) is 14.7. The van der Waals surface area contributed by atoms with Crippen molar-refractivity contribution in [1.29, 1.82) is 0 Å². The molecule has 20 heavy (non-hydrogen) atoms. The van der Waals surface area contributed by atoms with Gasteiger partial charge in [-0.05, 0) is 12.8 Å². The molecule has 2 rings (SSSR count). The van der Waals surface area contributed by atoms with Crippen LogP contribution in [-0.4, -0.2) is 83.1 Å². The second kappa shape index (κ2) is 7.59. The Balaban J connectivity index is 1.81. The minimum absolute atomic E-state index is 0.196. The van der Waals surface area contributed by atoms with Gasteiger partial charge in [-0.15, -0.1) is 0 Å². The molecule has 0 unspecified atom stereocenters. The van der Waals surface area contributed by atoms with Crippen molar-refractivity contribution in [2.75, 3.05) is 13.2 Å². The van der Waals surface area contributed by atoms with Crippen molar-refractivity contribution < 1.29 is 28.7 Å². The van der Waals surface area contributed by atoms with E-state index in [2.05, 4.69) is 0 Å². The molecule has 2 N–H and O–H groups in total. The predicted molar refractivity (Wildman–Crippen MR) is 74.7 cm³/mol. The van der Waals surface area contributed by atoms with Crippen molar-refractivity contribution in [3.05, 3.63) is 0 Å².